The third-order valence-electron chi connectivity index (χ3n) is 6.68. The van der Waals surface area contributed by atoms with Gasteiger partial charge in [-0.2, -0.15) is 11.3 Å². The summed E-state index contributed by atoms with van der Waals surface area (Å²) in [4.78, 5) is 11.6. The lowest BCUT2D eigenvalue weighted by Gasteiger charge is -2.19. The highest BCUT2D eigenvalue weighted by molar-refractivity contribution is 7.08. The van der Waals surface area contributed by atoms with Crippen molar-refractivity contribution < 1.29 is 24.9 Å². The summed E-state index contributed by atoms with van der Waals surface area (Å²) < 4.78 is 5.14. The number of aliphatic hydroxyl groups is 3. The van der Waals surface area contributed by atoms with Crippen LogP contribution in [0.15, 0.2) is 65.4 Å². The van der Waals surface area contributed by atoms with Crippen LogP contribution in [0.2, 0.25) is 0 Å². The normalized spacial score (nSPS) is 23.2. The average Bonchev–Trinajstić information content (AvgIpc) is 3.46. The molecule has 3 rings (SSSR count). The van der Waals surface area contributed by atoms with E-state index in [2.05, 4.69) is 41.1 Å². The van der Waals surface area contributed by atoms with Crippen molar-refractivity contribution in [1.29, 1.82) is 0 Å². The van der Waals surface area contributed by atoms with Crippen molar-refractivity contribution in [3.8, 4) is 11.1 Å². The molecule has 1 fully saturated rings. The fraction of sp³-hybridized carbons (Fsp3) is 0.500. The zero-order chi connectivity index (χ0) is 25.9. The van der Waals surface area contributed by atoms with Crippen molar-refractivity contribution in [3.63, 3.8) is 0 Å². The number of ether oxygens (including phenoxy) is 1. The highest BCUT2D eigenvalue weighted by atomic mass is 32.1. The molecule has 0 spiro atoms. The molecular formula is C30H40O5S. The molecule has 0 bridgehead atoms. The van der Waals surface area contributed by atoms with Crippen LogP contribution in [0, 0.1) is 11.8 Å². The molecule has 196 valence electrons. The Bertz CT molecular complexity index is 981. The fourth-order valence-electron chi connectivity index (χ4n) is 4.77. The molecule has 1 unspecified atom stereocenters. The number of hydrogen-bond donors (Lipinski definition) is 3. The maximum atomic E-state index is 11.6. The summed E-state index contributed by atoms with van der Waals surface area (Å²) in [5, 5.41) is 35.7. The van der Waals surface area contributed by atoms with Gasteiger partial charge < -0.3 is 20.1 Å². The molecule has 6 heteroatoms. The lowest BCUT2D eigenvalue weighted by atomic mass is 9.89. The van der Waals surface area contributed by atoms with Gasteiger partial charge in [0.2, 0.25) is 0 Å². The number of thiophene rings is 1. The number of carbonyl (C=O) groups excluding carboxylic acids is 1. The predicted molar refractivity (Wildman–Crippen MR) is 146 cm³/mol. The monoisotopic (exact) mass is 512 g/mol. The van der Waals surface area contributed by atoms with Gasteiger partial charge in [-0.3, -0.25) is 4.79 Å². The van der Waals surface area contributed by atoms with Gasteiger partial charge in [0.05, 0.1) is 24.4 Å². The molecule has 0 aliphatic heterocycles. The zero-order valence-corrected chi connectivity index (χ0v) is 22.1. The van der Waals surface area contributed by atoms with Crippen LogP contribution in [0.5, 0.6) is 0 Å². The van der Waals surface area contributed by atoms with Gasteiger partial charge in [-0.25, -0.2) is 0 Å². The van der Waals surface area contributed by atoms with E-state index in [-0.39, 0.29) is 23.9 Å². The fourth-order valence-corrected chi connectivity index (χ4v) is 5.43. The Hall–Kier alpha value is -2.25. The minimum atomic E-state index is -0.616. The summed E-state index contributed by atoms with van der Waals surface area (Å²) in [6.45, 7) is 3.68. The van der Waals surface area contributed by atoms with Gasteiger partial charge in [0.1, 0.15) is 0 Å². The standard InChI is InChI=1S/C30H40O5S/c1-21(2)35-30(34)11-6-4-3-5-10-26-27(29(33)19-28(26)32)15-14-25(31)13-12-22-8-7-9-23(18-22)24-16-17-36-20-24/h3,5,7-9,14-18,20-21,25-29,31-33H,4,6,10-13,19H2,1-2H3/b5-3-,15-14+/t25?,26-,27-,28+,29-/m1/s1. The van der Waals surface area contributed by atoms with Crippen LogP contribution in [-0.2, 0) is 16.0 Å². The largest absolute Gasteiger partial charge is 0.463 e. The molecule has 0 radical (unpaired) electrons. The van der Waals surface area contributed by atoms with E-state index < -0.39 is 18.3 Å². The quantitative estimate of drug-likeness (QED) is 0.182. The maximum Gasteiger partial charge on any atom is 0.306 e. The van der Waals surface area contributed by atoms with E-state index in [1.165, 1.54) is 16.7 Å². The minimum Gasteiger partial charge on any atom is -0.463 e. The van der Waals surface area contributed by atoms with Gasteiger partial charge in [0.25, 0.3) is 0 Å². The molecule has 36 heavy (non-hydrogen) atoms. The maximum absolute atomic E-state index is 11.6. The van der Waals surface area contributed by atoms with Crippen molar-refractivity contribution in [2.24, 2.45) is 11.8 Å². The number of allylic oxidation sites excluding steroid dienone is 2. The van der Waals surface area contributed by atoms with E-state index in [4.69, 9.17) is 4.74 Å². The molecule has 2 aromatic rings. The van der Waals surface area contributed by atoms with Crippen LogP contribution in [0.3, 0.4) is 0 Å². The van der Waals surface area contributed by atoms with Crippen LogP contribution >= 0.6 is 11.3 Å². The van der Waals surface area contributed by atoms with E-state index in [9.17, 15) is 20.1 Å². The number of esters is 1. The van der Waals surface area contributed by atoms with Crippen molar-refractivity contribution in [1.82, 2.24) is 0 Å². The molecule has 3 N–H and O–H groups in total. The number of benzene rings is 1. The second-order valence-electron chi connectivity index (χ2n) is 9.95. The first kappa shape index (κ1) is 28.3. The molecule has 5 atom stereocenters. The average molecular weight is 513 g/mol. The first-order valence-corrected chi connectivity index (χ1v) is 14.0. The molecule has 1 aromatic heterocycles. The van der Waals surface area contributed by atoms with Gasteiger partial charge >= 0.3 is 5.97 Å². The SMILES string of the molecule is CC(C)OC(=O)CCC/C=C\C[C@@H]1[C@@H](/C=C/C(O)CCc2cccc(-c3ccsc3)c2)[C@H](O)C[C@@H]1O. The van der Waals surface area contributed by atoms with E-state index >= 15 is 0 Å². The number of rotatable bonds is 13. The number of aliphatic hydroxyl groups excluding tert-OH is 3. The van der Waals surface area contributed by atoms with Crippen LogP contribution in [0.1, 0.15) is 57.9 Å². The first-order valence-electron chi connectivity index (χ1n) is 13.0. The smallest absolute Gasteiger partial charge is 0.306 e. The Morgan fingerprint density at radius 3 is 2.75 bits per heavy atom. The van der Waals surface area contributed by atoms with E-state index in [1.807, 2.05) is 32.1 Å². The summed E-state index contributed by atoms with van der Waals surface area (Å²) in [6, 6.07) is 10.5. The molecule has 1 aliphatic rings. The Morgan fingerprint density at radius 2 is 2.00 bits per heavy atom. The number of unbranched alkanes of at least 4 members (excludes halogenated alkanes) is 1. The van der Waals surface area contributed by atoms with Crippen LogP contribution in [-0.4, -0.2) is 45.7 Å². The van der Waals surface area contributed by atoms with Gasteiger partial charge in [-0.05, 0) is 85.4 Å². The molecule has 0 saturated heterocycles. The highest BCUT2D eigenvalue weighted by Gasteiger charge is 2.39. The van der Waals surface area contributed by atoms with Crippen molar-refractivity contribution in [2.75, 3.05) is 0 Å². The number of hydrogen-bond acceptors (Lipinski definition) is 6. The van der Waals surface area contributed by atoms with Crippen LogP contribution in [0.4, 0.5) is 0 Å². The first-order chi connectivity index (χ1) is 17.3. The predicted octanol–water partition coefficient (Wildman–Crippen LogP) is 5.69. The van der Waals surface area contributed by atoms with Gasteiger partial charge in [0.15, 0.2) is 0 Å². The van der Waals surface area contributed by atoms with Gasteiger partial charge in [0, 0.05) is 18.8 Å². The van der Waals surface area contributed by atoms with Gasteiger partial charge in [-0.1, -0.05) is 48.6 Å². The van der Waals surface area contributed by atoms with Crippen molar-refractivity contribution in [2.45, 2.75) is 83.2 Å². The van der Waals surface area contributed by atoms with E-state index in [0.29, 0.717) is 25.7 Å². The lowest BCUT2D eigenvalue weighted by Crippen LogP contribution is -2.20. The topological polar surface area (TPSA) is 87.0 Å². The lowest BCUT2D eigenvalue weighted by molar-refractivity contribution is -0.147. The zero-order valence-electron chi connectivity index (χ0n) is 21.3. The molecule has 1 aliphatic carbocycles. The summed E-state index contributed by atoms with van der Waals surface area (Å²) in [5.41, 5.74) is 3.58. The molecule has 1 saturated carbocycles. The molecule has 0 amide bonds. The van der Waals surface area contributed by atoms with Crippen LogP contribution < -0.4 is 0 Å². The highest BCUT2D eigenvalue weighted by Crippen LogP contribution is 2.36. The van der Waals surface area contributed by atoms with Crippen LogP contribution in [0.25, 0.3) is 11.1 Å². The second kappa shape index (κ2) is 14.5. The third kappa shape index (κ3) is 9.00. The number of aryl methyl sites for hydroxylation is 1. The molecule has 1 aromatic carbocycles. The van der Waals surface area contributed by atoms with E-state index in [0.717, 1.165) is 19.3 Å². The van der Waals surface area contributed by atoms with E-state index in [1.54, 1.807) is 17.4 Å². The second-order valence-corrected chi connectivity index (χ2v) is 10.7. The Kier molecular flexibility index (Phi) is 11.4. The Labute approximate surface area is 219 Å². The summed E-state index contributed by atoms with van der Waals surface area (Å²) >= 11 is 1.68. The summed E-state index contributed by atoms with van der Waals surface area (Å²) in [6.07, 6.45) is 10.1. The molecular weight excluding hydrogens is 472 g/mol. The third-order valence-corrected chi connectivity index (χ3v) is 7.36. The molecule has 5 nitrogen and oxygen atoms in total. The van der Waals surface area contributed by atoms with Crippen molar-refractivity contribution >= 4 is 17.3 Å². The van der Waals surface area contributed by atoms with Crippen molar-refractivity contribution in [3.05, 3.63) is 71.0 Å². The minimum absolute atomic E-state index is 0.0885. The Morgan fingerprint density at radius 1 is 1.17 bits per heavy atom. The van der Waals surface area contributed by atoms with Gasteiger partial charge in [-0.15, -0.1) is 0 Å². The Balaban J connectivity index is 1.45. The summed E-state index contributed by atoms with van der Waals surface area (Å²) in [5.74, 6) is -0.457. The molecule has 1 heterocycles. The summed E-state index contributed by atoms with van der Waals surface area (Å²) in [7, 11) is 0. The number of carbonyl (C=O) groups is 1.